The van der Waals surface area contributed by atoms with Crippen LogP contribution in [-0.2, 0) is 6.54 Å². The number of carbonyl (C=O) groups is 1. The van der Waals surface area contributed by atoms with Crippen LogP contribution in [0.5, 0.6) is 0 Å². The van der Waals surface area contributed by atoms with Crippen molar-refractivity contribution in [3.8, 4) is 0 Å². The van der Waals surface area contributed by atoms with E-state index in [1.54, 1.807) is 18.5 Å². The van der Waals surface area contributed by atoms with E-state index in [1.807, 2.05) is 6.92 Å². The van der Waals surface area contributed by atoms with Crippen molar-refractivity contribution in [3.05, 3.63) is 35.3 Å². The lowest BCUT2D eigenvalue weighted by Crippen LogP contribution is -2.10. The molecule has 0 unspecified atom stereocenters. The zero-order valence-corrected chi connectivity index (χ0v) is 10.00. The molecule has 94 valence electrons. The molecule has 0 saturated carbocycles. The molecule has 0 bridgehead atoms. The van der Waals surface area contributed by atoms with E-state index in [0.29, 0.717) is 18.7 Å². The Morgan fingerprint density at radius 3 is 3.00 bits per heavy atom. The molecule has 0 atom stereocenters. The molecule has 2 aromatic heterocycles. The maximum atomic E-state index is 12.2. The van der Waals surface area contributed by atoms with Gasteiger partial charge in [0.1, 0.15) is 5.82 Å². The third kappa shape index (κ3) is 2.35. The van der Waals surface area contributed by atoms with E-state index in [2.05, 4.69) is 15.3 Å². The Kier molecular flexibility index (Phi) is 3.33. The highest BCUT2D eigenvalue weighted by molar-refractivity contribution is 6.10. The second kappa shape index (κ2) is 4.92. The fourth-order valence-electron chi connectivity index (χ4n) is 1.54. The van der Waals surface area contributed by atoms with E-state index in [1.165, 1.54) is 4.68 Å². The summed E-state index contributed by atoms with van der Waals surface area (Å²) in [6.07, 6.45) is 3.16. The van der Waals surface area contributed by atoms with E-state index in [4.69, 9.17) is 11.5 Å². The molecule has 7 nitrogen and oxygen atoms in total. The molecule has 4 N–H and O–H groups in total. The van der Waals surface area contributed by atoms with Crippen LogP contribution in [0.1, 0.15) is 21.6 Å². The Balaban J connectivity index is 2.32. The molecular formula is C11H14N6O. The quantitative estimate of drug-likeness (QED) is 0.719. The zero-order valence-electron chi connectivity index (χ0n) is 10.00. The van der Waals surface area contributed by atoms with Gasteiger partial charge in [-0.25, -0.2) is 4.98 Å². The normalized spacial score (nSPS) is 10.6. The van der Waals surface area contributed by atoms with Gasteiger partial charge in [0.2, 0.25) is 5.78 Å². The summed E-state index contributed by atoms with van der Waals surface area (Å²) < 4.78 is 1.52. The largest absolute Gasteiger partial charge is 0.383 e. The Morgan fingerprint density at radius 1 is 1.50 bits per heavy atom. The van der Waals surface area contributed by atoms with E-state index in [9.17, 15) is 4.79 Å². The fraction of sp³-hybridized carbons (Fsp3) is 0.273. The number of carbonyl (C=O) groups excluding carboxylic acids is 1. The van der Waals surface area contributed by atoms with Gasteiger partial charge in [-0.05, 0) is 18.6 Å². The van der Waals surface area contributed by atoms with Gasteiger partial charge in [0.15, 0.2) is 5.69 Å². The maximum Gasteiger partial charge on any atom is 0.218 e. The van der Waals surface area contributed by atoms with Crippen LogP contribution in [0.15, 0.2) is 18.5 Å². The zero-order chi connectivity index (χ0) is 13.1. The standard InChI is InChI=1S/C11H14N6O/c1-7-4-8(11(13)14-5-7)10(18)9-6-17(3-2-12)16-15-9/h4-6H,2-3,12H2,1H3,(H2,13,14). The van der Waals surface area contributed by atoms with Crippen molar-refractivity contribution < 1.29 is 4.79 Å². The van der Waals surface area contributed by atoms with Gasteiger partial charge in [-0.1, -0.05) is 5.21 Å². The Hall–Kier alpha value is -2.28. The third-order valence-electron chi connectivity index (χ3n) is 2.43. The molecule has 0 saturated heterocycles. The molecule has 0 aromatic carbocycles. The number of pyridine rings is 1. The molecule has 7 heteroatoms. The number of nitrogens with zero attached hydrogens (tertiary/aromatic N) is 4. The minimum absolute atomic E-state index is 0.193. The van der Waals surface area contributed by atoms with Crippen molar-refractivity contribution in [1.82, 2.24) is 20.0 Å². The smallest absolute Gasteiger partial charge is 0.218 e. The summed E-state index contributed by atoms with van der Waals surface area (Å²) in [5, 5.41) is 7.62. The number of aryl methyl sites for hydroxylation is 1. The number of ketones is 1. The lowest BCUT2D eigenvalue weighted by Gasteiger charge is -2.02. The SMILES string of the molecule is Cc1cnc(N)c(C(=O)c2cn(CCN)nn2)c1. The highest BCUT2D eigenvalue weighted by Crippen LogP contribution is 2.14. The van der Waals surface area contributed by atoms with E-state index < -0.39 is 0 Å². The van der Waals surface area contributed by atoms with Gasteiger partial charge in [-0.2, -0.15) is 0 Å². The summed E-state index contributed by atoms with van der Waals surface area (Å²) >= 11 is 0. The number of hydrogen-bond acceptors (Lipinski definition) is 6. The van der Waals surface area contributed by atoms with Gasteiger partial charge in [-0.15, -0.1) is 5.10 Å². The molecule has 2 aromatic rings. The lowest BCUT2D eigenvalue weighted by atomic mass is 10.1. The Morgan fingerprint density at radius 2 is 2.28 bits per heavy atom. The molecule has 0 fully saturated rings. The van der Waals surface area contributed by atoms with Gasteiger partial charge >= 0.3 is 0 Å². The average molecular weight is 246 g/mol. The van der Waals surface area contributed by atoms with E-state index in [0.717, 1.165) is 5.56 Å². The summed E-state index contributed by atoms with van der Waals surface area (Å²) in [7, 11) is 0. The molecule has 18 heavy (non-hydrogen) atoms. The molecule has 0 spiro atoms. The van der Waals surface area contributed by atoms with Crippen molar-refractivity contribution in [1.29, 1.82) is 0 Å². The van der Waals surface area contributed by atoms with Crippen LogP contribution in [0.25, 0.3) is 0 Å². The first kappa shape index (κ1) is 12.2. The number of aromatic nitrogens is 4. The summed E-state index contributed by atoms with van der Waals surface area (Å²) in [5.41, 5.74) is 12.5. The molecule has 0 amide bonds. The number of nitrogen functional groups attached to an aromatic ring is 1. The average Bonchev–Trinajstić information content (AvgIpc) is 2.80. The van der Waals surface area contributed by atoms with Crippen LogP contribution < -0.4 is 11.5 Å². The van der Waals surface area contributed by atoms with Gasteiger partial charge < -0.3 is 11.5 Å². The lowest BCUT2D eigenvalue weighted by molar-refractivity contribution is 0.103. The third-order valence-corrected chi connectivity index (χ3v) is 2.43. The molecular weight excluding hydrogens is 232 g/mol. The minimum Gasteiger partial charge on any atom is -0.383 e. The first-order valence-electron chi connectivity index (χ1n) is 5.49. The molecule has 0 radical (unpaired) electrons. The van der Waals surface area contributed by atoms with Gasteiger partial charge in [-0.3, -0.25) is 9.48 Å². The second-order valence-corrected chi connectivity index (χ2v) is 3.93. The molecule has 0 aliphatic heterocycles. The predicted octanol–water partition coefficient (Wildman–Crippen LogP) is -0.247. The molecule has 0 aliphatic rings. The minimum atomic E-state index is -0.285. The van der Waals surface area contributed by atoms with Crippen LogP contribution >= 0.6 is 0 Å². The van der Waals surface area contributed by atoms with Crippen molar-refractivity contribution in [2.75, 3.05) is 12.3 Å². The van der Waals surface area contributed by atoms with Gasteiger partial charge in [0, 0.05) is 12.7 Å². The fourth-order valence-corrected chi connectivity index (χ4v) is 1.54. The first-order chi connectivity index (χ1) is 8.61. The topological polar surface area (TPSA) is 113 Å². The van der Waals surface area contributed by atoms with Crippen molar-refractivity contribution in [2.24, 2.45) is 5.73 Å². The van der Waals surface area contributed by atoms with Crippen LogP contribution in [0.3, 0.4) is 0 Å². The summed E-state index contributed by atoms with van der Waals surface area (Å²) in [5.74, 6) is -0.0917. The highest BCUT2D eigenvalue weighted by atomic mass is 16.1. The van der Waals surface area contributed by atoms with Crippen LogP contribution in [0, 0.1) is 6.92 Å². The monoisotopic (exact) mass is 246 g/mol. The van der Waals surface area contributed by atoms with Crippen LogP contribution in [-0.4, -0.2) is 32.3 Å². The number of nitrogens with two attached hydrogens (primary N) is 2. The summed E-state index contributed by atoms with van der Waals surface area (Å²) in [6.45, 7) is 2.79. The summed E-state index contributed by atoms with van der Waals surface area (Å²) in [4.78, 5) is 16.1. The van der Waals surface area contributed by atoms with Crippen molar-refractivity contribution in [2.45, 2.75) is 13.5 Å². The highest BCUT2D eigenvalue weighted by Gasteiger charge is 2.17. The van der Waals surface area contributed by atoms with Crippen molar-refractivity contribution >= 4 is 11.6 Å². The van der Waals surface area contributed by atoms with Crippen LogP contribution in [0.4, 0.5) is 5.82 Å². The van der Waals surface area contributed by atoms with Gasteiger partial charge in [0.25, 0.3) is 0 Å². The number of anilines is 1. The van der Waals surface area contributed by atoms with Crippen molar-refractivity contribution in [3.63, 3.8) is 0 Å². The predicted molar refractivity (Wildman–Crippen MR) is 65.9 cm³/mol. The number of rotatable bonds is 4. The second-order valence-electron chi connectivity index (χ2n) is 3.93. The van der Waals surface area contributed by atoms with Gasteiger partial charge in [0.05, 0.1) is 18.3 Å². The molecule has 2 rings (SSSR count). The first-order valence-corrected chi connectivity index (χ1v) is 5.49. The Bertz CT molecular complexity index is 577. The molecule has 2 heterocycles. The number of hydrogen-bond donors (Lipinski definition) is 2. The molecule has 0 aliphatic carbocycles. The van der Waals surface area contributed by atoms with E-state index >= 15 is 0 Å². The maximum absolute atomic E-state index is 12.2. The van der Waals surface area contributed by atoms with E-state index in [-0.39, 0.29) is 17.3 Å². The Labute approximate surface area is 104 Å². The van der Waals surface area contributed by atoms with Crippen LogP contribution in [0.2, 0.25) is 0 Å². The summed E-state index contributed by atoms with van der Waals surface area (Å²) in [6, 6.07) is 1.69.